The van der Waals surface area contributed by atoms with Gasteiger partial charge in [-0.2, -0.15) is 18.2 Å². The number of anilines is 2. The van der Waals surface area contributed by atoms with Crippen LogP contribution in [0.1, 0.15) is 31.4 Å². The summed E-state index contributed by atoms with van der Waals surface area (Å²) in [5.74, 6) is -0.125. The topological polar surface area (TPSA) is 84.1 Å². The van der Waals surface area contributed by atoms with E-state index >= 15 is 0 Å². The molecule has 0 radical (unpaired) electrons. The molecule has 1 heterocycles. The second-order valence-corrected chi connectivity index (χ2v) is 5.06. The first-order valence-electron chi connectivity index (χ1n) is 6.48. The van der Waals surface area contributed by atoms with Gasteiger partial charge < -0.3 is 16.2 Å². The van der Waals surface area contributed by atoms with Gasteiger partial charge in [-0.25, -0.2) is 4.98 Å². The number of hydrogen-bond acceptors (Lipinski definition) is 5. The maximum Gasteiger partial charge on any atom is 0.433 e. The zero-order valence-corrected chi connectivity index (χ0v) is 10.8. The second-order valence-electron chi connectivity index (χ2n) is 5.06. The number of nitrogens with one attached hydrogen (secondary N) is 1. The van der Waals surface area contributed by atoms with Crippen LogP contribution in [0, 0.1) is 5.92 Å². The Morgan fingerprint density at radius 1 is 1.35 bits per heavy atom. The Morgan fingerprint density at radius 3 is 2.75 bits per heavy atom. The number of nitrogens with two attached hydrogens (primary N) is 1. The average molecular weight is 290 g/mol. The third-order valence-corrected chi connectivity index (χ3v) is 3.36. The molecule has 20 heavy (non-hydrogen) atoms. The van der Waals surface area contributed by atoms with Gasteiger partial charge in [-0.15, -0.1) is 0 Å². The van der Waals surface area contributed by atoms with Crippen molar-refractivity contribution in [3.8, 4) is 0 Å². The Bertz CT molecular complexity index is 467. The van der Waals surface area contributed by atoms with Crippen molar-refractivity contribution in [1.82, 2.24) is 9.97 Å². The van der Waals surface area contributed by atoms with Gasteiger partial charge in [0.1, 0.15) is 5.82 Å². The number of nitrogen functional groups attached to an aromatic ring is 1. The minimum atomic E-state index is -4.55. The number of rotatable bonds is 3. The standard InChI is InChI=1S/C12H17F3N4O/c13-12(14,15)9-5-10(19-11(16)18-9)17-6-7-2-1-3-8(20)4-7/h5,7-8,20H,1-4,6H2,(H3,16,17,18,19). The van der Waals surface area contributed by atoms with Crippen molar-refractivity contribution in [3.05, 3.63) is 11.8 Å². The summed E-state index contributed by atoms with van der Waals surface area (Å²) in [5.41, 5.74) is 4.23. The first-order valence-corrected chi connectivity index (χ1v) is 6.48. The molecule has 0 spiro atoms. The van der Waals surface area contributed by atoms with Crippen LogP contribution >= 0.6 is 0 Å². The van der Waals surface area contributed by atoms with Crippen molar-refractivity contribution in [2.24, 2.45) is 5.92 Å². The van der Waals surface area contributed by atoms with Crippen molar-refractivity contribution < 1.29 is 18.3 Å². The molecule has 2 unspecified atom stereocenters. The summed E-state index contributed by atoms with van der Waals surface area (Å²) < 4.78 is 37.8. The Kier molecular flexibility index (Phi) is 4.32. The molecule has 2 atom stereocenters. The van der Waals surface area contributed by atoms with Crippen LogP contribution in [0.4, 0.5) is 24.9 Å². The van der Waals surface area contributed by atoms with E-state index in [1.165, 1.54) is 0 Å². The van der Waals surface area contributed by atoms with E-state index in [1.807, 2.05) is 0 Å². The summed E-state index contributed by atoms with van der Waals surface area (Å²) in [6, 6.07) is 0.843. The lowest BCUT2D eigenvalue weighted by Gasteiger charge is -2.26. The average Bonchev–Trinajstić information content (AvgIpc) is 2.35. The normalized spacial score (nSPS) is 23.6. The largest absolute Gasteiger partial charge is 0.433 e. The highest BCUT2D eigenvalue weighted by Crippen LogP contribution is 2.29. The molecule has 1 aliphatic rings. The van der Waals surface area contributed by atoms with E-state index < -0.39 is 17.8 Å². The van der Waals surface area contributed by atoms with Crippen molar-refractivity contribution in [2.45, 2.75) is 38.0 Å². The van der Waals surface area contributed by atoms with Crippen LogP contribution in [-0.2, 0) is 6.18 Å². The zero-order chi connectivity index (χ0) is 14.8. The molecule has 2 rings (SSSR count). The summed E-state index contributed by atoms with van der Waals surface area (Å²) in [5, 5.41) is 12.4. The van der Waals surface area contributed by atoms with Gasteiger partial charge >= 0.3 is 6.18 Å². The highest BCUT2D eigenvalue weighted by molar-refractivity contribution is 5.41. The Hall–Kier alpha value is -1.57. The number of alkyl halides is 3. The Balaban J connectivity index is 2.00. The molecule has 1 aromatic heterocycles. The smallest absolute Gasteiger partial charge is 0.393 e. The summed E-state index contributed by atoms with van der Waals surface area (Å²) in [4.78, 5) is 6.92. The molecule has 1 fully saturated rings. The van der Waals surface area contributed by atoms with Gasteiger partial charge in [0.15, 0.2) is 5.69 Å². The highest BCUT2D eigenvalue weighted by atomic mass is 19.4. The van der Waals surface area contributed by atoms with E-state index in [-0.39, 0.29) is 17.8 Å². The minimum absolute atomic E-state index is 0.0601. The monoisotopic (exact) mass is 290 g/mol. The fourth-order valence-corrected chi connectivity index (χ4v) is 2.40. The second kappa shape index (κ2) is 5.82. The molecule has 112 valence electrons. The molecule has 1 aliphatic carbocycles. The maximum atomic E-state index is 12.6. The maximum absolute atomic E-state index is 12.6. The van der Waals surface area contributed by atoms with Gasteiger partial charge in [-0.3, -0.25) is 0 Å². The van der Waals surface area contributed by atoms with Crippen molar-refractivity contribution >= 4 is 11.8 Å². The predicted octanol–water partition coefficient (Wildman–Crippen LogP) is 2.04. The molecule has 0 saturated heterocycles. The fraction of sp³-hybridized carbons (Fsp3) is 0.667. The Labute approximate surface area is 114 Å². The summed E-state index contributed by atoms with van der Waals surface area (Å²) >= 11 is 0. The molecule has 0 bridgehead atoms. The van der Waals surface area contributed by atoms with Crippen LogP contribution in [0.15, 0.2) is 6.07 Å². The number of aromatic nitrogens is 2. The third kappa shape index (κ3) is 3.96. The van der Waals surface area contributed by atoms with E-state index in [0.717, 1.165) is 25.3 Å². The van der Waals surface area contributed by atoms with E-state index in [0.29, 0.717) is 13.0 Å². The van der Waals surface area contributed by atoms with Gasteiger partial charge in [-0.1, -0.05) is 6.42 Å². The lowest BCUT2D eigenvalue weighted by molar-refractivity contribution is -0.141. The Morgan fingerprint density at radius 2 is 2.10 bits per heavy atom. The van der Waals surface area contributed by atoms with Gasteiger partial charge in [0.25, 0.3) is 0 Å². The molecule has 0 aromatic carbocycles. The van der Waals surface area contributed by atoms with Gasteiger partial charge in [0, 0.05) is 12.6 Å². The van der Waals surface area contributed by atoms with Gasteiger partial charge in [0.05, 0.1) is 6.10 Å². The number of aliphatic hydroxyl groups excluding tert-OH is 1. The summed E-state index contributed by atoms with van der Waals surface area (Å²) in [7, 11) is 0. The van der Waals surface area contributed by atoms with Crippen LogP contribution in [-0.4, -0.2) is 27.7 Å². The molecule has 0 aliphatic heterocycles. The van der Waals surface area contributed by atoms with E-state index in [4.69, 9.17) is 5.73 Å². The molecular weight excluding hydrogens is 273 g/mol. The van der Waals surface area contributed by atoms with Gasteiger partial charge in [-0.05, 0) is 25.2 Å². The SMILES string of the molecule is Nc1nc(NCC2CCCC(O)C2)cc(C(F)(F)F)n1. The van der Waals surface area contributed by atoms with E-state index in [2.05, 4.69) is 15.3 Å². The molecular formula is C12H17F3N4O. The molecule has 4 N–H and O–H groups in total. The molecule has 1 saturated carbocycles. The lowest BCUT2D eigenvalue weighted by Crippen LogP contribution is -2.25. The van der Waals surface area contributed by atoms with Crippen LogP contribution in [0.2, 0.25) is 0 Å². The molecule has 8 heteroatoms. The fourth-order valence-electron chi connectivity index (χ4n) is 2.40. The van der Waals surface area contributed by atoms with Crippen LogP contribution in [0.25, 0.3) is 0 Å². The molecule has 5 nitrogen and oxygen atoms in total. The first-order chi connectivity index (χ1) is 9.34. The van der Waals surface area contributed by atoms with Crippen molar-refractivity contribution in [2.75, 3.05) is 17.6 Å². The number of hydrogen-bond donors (Lipinski definition) is 3. The summed E-state index contributed by atoms with van der Waals surface area (Å²) in [6.45, 7) is 0.463. The van der Waals surface area contributed by atoms with Crippen LogP contribution in [0.5, 0.6) is 0 Å². The van der Waals surface area contributed by atoms with Crippen molar-refractivity contribution in [1.29, 1.82) is 0 Å². The van der Waals surface area contributed by atoms with E-state index in [1.54, 1.807) is 0 Å². The highest BCUT2D eigenvalue weighted by Gasteiger charge is 2.33. The van der Waals surface area contributed by atoms with E-state index in [9.17, 15) is 18.3 Å². The lowest BCUT2D eigenvalue weighted by atomic mass is 9.87. The molecule has 0 amide bonds. The number of halogens is 3. The minimum Gasteiger partial charge on any atom is -0.393 e. The first kappa shape index (κ1) is 14.8. The summed E-state index contributed by atoms with van der Waals surface area (Å²) in [6.07, 6.45) is -1.57. The quantitative estimate of drug-likeness (QED) is 0.793. The van der Waals surface area contributed by atoms with Crippen LogP contribution in [0.3, 0.4) is 0 Å². The molecule has 1 aromatic rings. The third-order valence-electron chi connectivity index (χ3n) is 3.36. The van der Waals surface area contributed by atoms with Crippen LogP contribution < -0.4 is 11.1 Å². The number of aliphatic hydroxyl groups is 1. The van der Waals surface area contributed by atoms with Gasteiger partial charge in [0.2, 0.25) is 5.95 Å². The number of nitrogens with zero attached hydrogens (tertiary/aromatic N) is 2. The zero-order valence-electron chi connectivity index (χ0n) is 10.8. The predicted molar refractivity (Wildman–Crippen MR) is 67.9 cm³/mol. The van der Waals surface area contributed by atoms with Crippen molar-refractivity contribution in [3.63, 3.8) is 0 Å².